The number of hydrogen-bond acceptors (Lipinski definition) is 6. The Hall–Kier alpha value is -3.48. The molecule has 0 saturated heterocycles. The van der Waals surface area contributed by atoms with Crippen molar-refractivity contribution in [3.05, 3.63) is 65.6 Å². The number of anilines is 1. The van der Waals surface area contributed by atoms with Crippen LogP contribution in [-0.4, -0.2) is 40.6 Å². The molecule has 7 nitrogen and oxygen atoms in total. The number of carbonyl (C=O) groups excluding carboxylic acids is 1. The number of amides is 1. The standard InChI is InChI=1S/C21H19N5O2/c27-21-18-16(7-9-23-21)20(25-19(24-18)14-5-3-8-22-12-14)26-10-11-28-17-6-2-1-4-15(17)13-26/h1-6,8,12H,7,9-11,13H2,(H,23,27). The largest absolute Gasteiger partial charge is 0.491 e. The lowest BCUT2D eigenvalue weighted by molar-refractivity contribution is 0.0940. The zero-order valence-electron chi connectivity index (χ0n) is 15.3. The monoisotopic (exact) mass is 373 g/mol. The number of aromatic nitrogens is 3. The summed E-state index contributed by atoms with van der Waals surface area (Å²) in [5.74, 6) is 2.07. The lowest BCUT2D eigenvalue weighted by Crippen LogP contribution is -2.36. The second-order valence-corrected chi connectivity index (χ2v) is 6.82. The summed E-state index contributed by atoms with van der Waals surface area (Å²) in [4.78, 5) is 28.3. The molecule has 0 fully saturated rings. The Morgan fingerprint density at radius 1 is 1.11 bits per heavy atom. The third-order valence-electron chi connectivity index (χ3n) is 5.03. The summed E-state index contributed by atoms with van der Waals surface area (Å²) in [6.45, 7) is 2.51. The predicted octanol–water partition coefficient (Wildman–Crippen LogP) is 2.22. The maximum atomic E-state index is 12.5. The SMILES string of the molecule is O=C1NCCc2c1nc(-c1cccnc1)nc2N1CCOc2ccccc2C1. The topological polar surface area (TPSA) is 80.2 Å². The second kappa shape index (κ2) is 6.92. The summed E-state index contributed by atoms with van der Waals surface area (Å²) < 4.78 is 5.91. The first-order chi connectivity index (χ1) is 13.8. The van der Waals surface area contributed by atoms with E-state index in [4.69, 9.17) is 9.72 Å². The molecule has 2 aromatic heterocycles. The fourth-order valence-corrected chi connectivity index (χ4v) is 3.67. The van der Waals surface area contributed by atoms with Crippen molar-refractivity contribution in [2.75, 3.05) is 24.6 Å². The Balaban J connectivity index is 1.64. The molecular weight excluding hydrogens is 354 g/mol. The van der Waals surface area contributed by atoms with Gasteiger partial charge in [-0.15, -0.1) is 0 Å². The molecule has 140 valence electrons. The highest BCUT2D eigenvalue weighted by Crippen LogP contribution is 2.31. The number of ether oxygens (including phenoxy) is 1. The third kappa shape index (κ3) is 2.94. The normalized spacial score (nSPS) is 15.7. The molecule has 28 heavy (non-hydrogen) atoms. The molecule has 3 aromatic rings. The predicted molar refractivity (Wildman–Crippen MR) is 104 cm³/mol. The number of carbonyl (C=O) groups is 1. The smallest absolute Gasteiger partial charge is 0.270 e. The Morgan fingerprint density at radius 3 is 2.93 bits per heavy atom. The number of pyridine rings is 1. The van der Waals surface area contributed by atoms with Gasteiger partial charge in [-0.3, -0.25) is 9.78 Å². The van der Waals surface area contributed by atoms with E-state index >= 15 is 0 Å². The minimum absolute atomic E-state index is 0.151. The van der Waals surface area contributed by atoms with E-state index in [2.05, 4.69) is 26.3 Å². The van der Waals surface area contributed by atoms with Crippen LogP contribution >= 0.6 is 0 Å². The number of nitrogens with zero attached hydrogens (tertiary/aromatic N) is 4. The average Bonchev–Trinajstić information content (AvgIpc) is 2.96. The van der Waals surface area contributed by atoms with E-state index in [0.717, 1.165) is 28.3 Å². The zero-order valence-corrected chi connectivity index (χ0v) is 15.3. The van der Waals surface area contributed by atoms with Gasteiger partial charge in [0.25, 0.3) is 5.91 Å². The van der Waals surface area contributed by atoms with Crippen molar-refractivity contribution in [2.24, 2.45) is 0 Å². The van der Waals surface area contributed by atoms with Crippen LogP contribution in [0.5, 0.6) is 5.75 Å². The molecule has 0 atom stereocenters. The van der Waals surface area contributed by atoms with E-state index < -0.39 is 0 Å². The lowest BCUT2D eigenvalue weighted by Gasteiger charge is -2.27. The van der Waals surface area contributed by atoms with Crippen molar-refractivity contribution in [2.45, 2.75) is 13.0 Å². The molecule has 5 rings (SSSR count). The van der Waals surface area contributed by atoms with Gasteiger partial charge in [0.2, 0.25) is 0 Å². The maximum Gasteiger partial charge on any atom is 0.270 e. The van der Waals surface area contributed by atoms with Gasteiger partial charge in [0.05, 0.1) is 6.54 Å². The summed E-state index contributed by atoms with van der Waals surface area (Å²) in [7, 11) is 0. The first kappa shape index (κ1) is 16.7. The van der Waals surface area contributed by atoms with Crippen LogP contribution in [0.15, 0.2) is 48.8 Å². The fraction of sp³-hybridized carbons (Fsp3) is 0.238. The van der Waals surface area contributed by atoms with Crippen LogP contribution in [0.4, 0.5) is 5.82 Å². The number of hydrogen-bond donors (Lipinski definition) is 1. The van der Waals surface area contributed by atoms with Gasteiger partial charge in [0.15, 0.2) is 5.82 Å². The average molecular weight is 373 g/mol. The van der Waals surface area contributed by atoms with Gasteiger partial charge in [0, 0.05) is 42.2 Å². The third-order valence-corrected chi connectivity index (χ3v) is 5.03. The number of rotatable bonds is 2. The van der Waals surface area contributed by atoms with Gasteiger partial charge in [-0.1, -0.05) is 18.2 Å². The van der Waals surface area contributed by atoms with Crippen LogP contribution in [0.25, 0.3) is 11.4 Å². The van der Waals surface area contributed by atoms with Crippen molar-refractivity contribution in [3.63, 3.8) is 0 Å². The van der Waals surface area contributed by atoms with Gasteiger partial charge in [-0.2, -0.15) is 0 Å². The van der Waals surface area contributed by atoms with Crippen LogP contribution < -0.4 is 15.0 Å². The Labute approximate surface area is 162 Å². The number of nitrogens with one attached hydrogen (secondary N) is 1. The minimum Gasteiger partial charge on any atom is -0.491 e. The molecule has 1 aromatic carbocycles. The molecule has 0 bridgehead atoms. The Morgan fingerprint density at radius 2 is 2.04 bits per heavy atom. The van der Waals surface area contributed by atoms with Gasteiger partial charge in [0.1, 0.15) is 23.9 Å². The lowest BCUT2D eigenvalue weighted by atomic mass is 10.0. The molecule has 1 amide bonds. The van der Waals surface area contributed by atoms with Crippen molar-refractivity contribution in [3.8, 4) is 17.1 Å². The van der Waals surface area contributed by atoms with Gasteiger partial charge >= 0.3 is 0 Å². The van der Waals surface area contributed by atoms with E-state index in [1.165, 1.54) is 0 Å². The number of fused-ring (bicyclic) bond motifs is 2. The highest BCUT2D eigenvalue weighted by Gasteiger charge is 2.28. The van der Waals surface area contributed by atoms with E-state index in [1.807, 2.05) is 30.3 Å². The fourth-order valence-electron chi connectivity index (χ4n) is 3.67. The van der Waals surface area contributed by atoms with E-state index in [9.17, 15) is 4.79 Å². The van der Waals surface area contributed by atoms with Crippen LogP contribution in [0.1, 0.15) is 21.6 Å². The first-order valence-corrected chi connectivity index (χ1v) is 9.35. The van der Waals surface area contributed by atoms with Gasteiger partial charge in [-0.05, 0) is 24.6 Å². The Bertz CT molecular complexity index is 1040. The molecule has 1 N–H and O–H groups in total. The van der Waals surface area contributed by atoms with Crippen molar-refractivity contribution in [1.82, 2.24) is 20.3 Å². The second-order valence-electron chi connectivity index (χ2n) is 6.82. The van der Waals surface area contributed by atoms with E-state index in [1.54, 1.807) is 12.4 Å². The van der Waals surface area contributed by atoms with Crippen molar-refractivity contribution in [1.29, 1.82) is 0 Å². The molecule has 0 unspecified atom stereocenters. The molecule has 2 aliphatic heterocycles. The molecule has 2 aliphatic rings. The van der Waals surface area contributed by atoms with Gasteiger partial charge in [-0.25, -0.2) is 9.97 Å². The summed E-state index contributed by atoms with van der Waals surface area (Å²) in [6.07, 6.45) is 4.13. The van der Waals surface area contributed by atoms with Crippen LogP contribution in [-0.2, 0) is 13.0 Å². The Kier molecular flexibility index (Phi) is 4.12. The molecule has 0 spiro atoms. The molecule has 0 saturated carbocycles. The number of para-hydroxylation sites is 1. The highest BCUT2D eigenvalue weighted by molar-refractivity contribution is 5.96. The maximum absolute atomic E-state index is 12.5. The molecule has 0 radical (unpaired) electrons. The van der Waals surface area contributed by atoms with E-state index in [-0.39, 0.29) is 5.91 Å². The van der Waals surface area contributed by atoms with Gasteiger partial charge < -0.3 is 15.0 Å². The quantitative estimate of drug-likeness (QED) is 0.742. The van der Waals surface area contributed by atoms with Crippen molar-refractivity contribution < 1.29 is 9.53 Å². The van der Waals surface area contributed by atoms with E-state index in [0.29, 0.717) is 44.2 Å². The summed E-state index contributed by atoms with van der Waals surface area (Å²) in [5.41, 5.74) is 3.25. The summed E-state index contributed by atoms with van der Waals surface area (Å²) in [5, 5.41) is 2.89. The summed E-state index contributed by atoms with van der Waals surface area (Å²) in [6, 6.07) is 11.8. The summed E-state index contributed by atoms with van der Waals surface area (Å²) >= 11 is 0. The van der Waals surface area contributed by atoms with Crippen molar-refractivity contribution >= 4 is 11.7 Å². The molecule has 7 heteroatoms. The van der Waals surface area contributed by atoms with Crippen LogP contribution in [0.2, 0.25) is 0 Å². The number of benzene rings is 1. The molecular formula is C21H19N5O2. The van der Waals surface area contributed by atoms with Crippen LogP contribution in [0, 0.1) is 0 Å². The van der Waals surface area contributed by atoms with Crippen LogP contribution in [0.3, 0.4) is 0 Å². The first-order valence-electron chi connectivity index (χ1n) is 9.35. The minimum atomic E-state index is -0.151. The molecule has 0 aliphatic carbocycles. The highest BCUT2D eigenvalue weighted by atomic mass is 16.5. The zero-order chi connectivity index (χ0) is 18.9. The molecule has 4 heterocycles.